The van der Waals surface area contributed by atoms with Crippen molar-refractivity contribution in [2.45, 2.75) is 6.54 Å². The number of nitrogens with one attached hydrogen (secondary N) is 1. The Morgan fingerprint density at radius 2 is 1.81 bits per heavy atom. The molecule has 0 saturated carbocycles. The van der Waals surface area contributed by atoms with E-state index in [1.54, 1.807) is 11.0 Å². The minimum atomic E-state index is 0.539. The maximum atomic E-state index is 6.15. The molecule has 1 N–H and O–H groups in total. The van der Waals surface area contributed by atoms with E-state index in [1.807, 2.05) is 42.5 Å². The summed E-state index contributed by atoms with van der Waals surface area (Å²) in [4.78, 5) is 0. The van der Waals surface area contributed by atoms with Gasteiger partial charge >= 0.3 is 0 Å². The Bertz CT molecular complexity index is 723. The summed E-state index contributed by atoms with van der Waals surface area (Å²) in [5.41, 5.74) is 2.67. The van der Waals surface area contributed by atoms with E-state index in [-0.39, 0.29) is 0 Å². The third-order valence-corrected chi connectivity index (χ3v) is 3.70. The lowest BCUT2D eigenvalue weighted by molar-refractivity contribution is 0.789. The Morgan fingerprint density at radius 3 is 2.52 bits per heavy atom. The molecule has 0 aliphatic heterocycles. The van der Waals surface area contributed by atoms with Crippen molar-refractivity contribution in [1.29, 1.82) is 0 Å². The largest absolute Gasteiger partial charge is 0.381 e. The summed E-state index contributed by atoms with van der Waals surface area (Å²) < 4.78 is 1.59. The van der Waals surface area contributed by atoms with Crippen LogP contribution in [0.4, 0.5) is 5.69 Å². The number of hydrogen-bond donors (Lipinski definition) is 1. The molecule has 2 aromatic carbocycles. The fourth-order valence-electron chi connectivity index (χ4n) is 1.93. The van der Waals surface area contributed by atoms with Gasteiger partial charge in [-0.15, -0.1) is 5.10 Å². The second-order valence-corrected chi connectivity index (χ2v) is 5.17. The third-order valence-electron chi connectivity index (χ3n) is 2.99. The van der Waals surface area contributed by atoms with Crippen molar-refractivity contribution in [2.24, 2.45) is 0 Å². The molecule has 0 saturated heterocycles. The van der Waals surface area contributed by atoms with E-state index < -0.39 is 0 Å². The summed E-state index contributed by atoms with van der Waals surface area (Å²) in [7, 11) is 0. The molecule has 0 aliphatic carbocycles. The van der Waals surface area contributed by atoms with Gasteiger partial charge in [-0.1, -0.05) is 35.3 Å². The van der Waals surface area contributed by atoms with Gasteiger partial charge in [0.05, 0.1) is 5.69 Å². The van der Waals surface area contributed by atoms with Gasteiger partial charge in [-0.3, -0.25) is 0 Å². The third kappa shape index (κ3) is 3.15. The van der Waals surface area contributed by atoms with Crippen molar-refractivity contribution < 1.29 is 0 Å². The van der Waals surface area contributed by atoms with E-state index in [1.165, 1.54) is 0 Å². The van der Waals surface area contributed by atoms with Gasteiger partial charge in [0.2, 0.25) is 0 Å². The predicted octanol–water partition coefficient (Wildman–Crippen LogP) is 3.58. The standard InChI is InChI=1S/C14H11Cl2N5/c15-13-5-2-6-14(16)12(13)8-17-10-3-1-4-11(7-10)21-9-18-19-20-21/h1-7,9,17H,8H2. The molecule has 7 heteroatoms. The van der Waals surface area contributed by atoms with Gasteiger partial charge < -0.3 is 5.32 Å². The van der Waals surface area contributed by atoms with Crippen molar-refractivity contribution in [2.75, 3.05) is 5.32 Å². The molecule has 3 aromatic rings. The van der Waals surface area contributed by atoms with Crippen LogP contribution in [0, 0.1) is 0 Å². The van der Waals surface area contributed by atoms with Gasteiger partial charge in [-0.2, -0.15) is 0 Å². The Hall–Kier alpha value is -2.11. The van der Waals surface area contributed by atoms with E-state index >= 15 is 0 Å². The monoisotopic (exact) mass is 319 g/mol. The molecule has 0 radical (unpaired) electrons. The molecular formula is C14H11Cl2N5. The molecular weight excluding hydrogens is 309 g/mol. The topological polar surface area (TPSA) is 55.6 Å². The van der Waals surface area contributed by atoms with Crippen LogP contribution in [0.15, 0.2) is 48.8 Å². The highest BCUT2D eigenvalue weighted by Crippen LogP contribution is 2.25. The minimum Gasteiger partial charge on any atom is -0.381 e. The molecule has 1 aromatic heterocycles. The Labute approximate surface area is 131 Å². The van der Waals surface area contributed by atoms with Crippen molar-refractivity contribution in [3.05, 3.63) is 64.4 Å². The summed E-state index contributed by atoms with van der Waals surface area (Å²) in [6, 6.07) is 13.2. The zero-order chi connectivity index (χ0) is 14.7. The van der Waals surface area contributed by atoms with Crippen LogP contribution >= 0.6 is 23.2 Å². The molecule has 106 valence electrons. The van der Waals surface area contributed by atoms with Gasteiger partial charge in [-0.05, 0) is 40.8 Å². The maximum Gasteiger partial charge on any atom is 0.143 e. The number of tetrazole rings is 1. The first-order chi connectivity index (χ1) is 10.2. The number of rotatable bonds is 4. The van der Waals surface area contributed by atoms with Gasteiger partial charge in [0, 0.05) is 27.8 Å². The molecule has 0 bridgehead atoms. The zero-order valence-corrected chi connectivity index (χ0v) is 12.4. The molecule has 21 heavy (non-hydrogen) atoms. The smallest absolute Gasteiger partial charge is 0.143 e. The molecule has 0 fully saturated rings. The van der Waals surface area contributed by atoms with E-state index in [2.05, 4.69) is 20.8 Å². The van der Waals surface area contributed by atoms with E-state index in [0.717, 1.165) is 16.9 Å². The van der Waals surface area contributed by atoms with Crippen LogP contribution in [-0.2, 0) is 6.54 Å². The first-order valence-corrected chi connectivity index (χ1v) is 7.00. The SMILES string of the molecule is Clc1cccc(Cl)c1CNc1cccc(-n2cnnn2)c1. The fourth-order valence-corrected chi connectivity index (χ4v) is 2.46. The fraction of sp³-hybridized carbons (Fsp3) is 0.0714. The lowest BCUT2D eigenvalue weighted by Crippen LogP contribution is -2.02. The molecule has 1 heterocycles. The van der Waals surface area contributed by atoms with Crippen LogP contribution < -0.4 is 5.32 Å². The van der Waals surface area contributed by atoms with Crippen molar-refractivity contribution in [1.82, 2.24) is 20.2 Å². The molecule has 0 unspecified atom stereocenters. The molecule has 5 nitrogen and oxygen atoms in total. The first-order valence-electron chi connectivity index (χ1n) is 6.24. The Morgan fingerprint density at radius 1 is 1.05 bits per heavy atom. The first kappa shape index (κ1) is 13.9. The summed E-state index contributed by atoms with van der Waals surface area (Å²) in [5, 5.41) is 15.7. The molecule has 0 amide bonds. The van der Waals surface area contributed by atoms with E-state index in [4.69, 9.17) is 23.2 Å². The van der Waals surface area contributed by atoms with Crippen LogP contribution in [0.2, 0.25) is 10.0 Å². The summed E-state index contributed by atoms with van der Waals surface area (Å²) in [5.74, 6) is 0. The van der Waals surface area contributed by atoms with Gasteiger partial charge in [-0.25, -0.2) is 4.68 Å². The Kier molecular flexibility index (Phi) is 4.03. The normalized spacial score (nSPS) is 10.6. The van der Waals surface area contributed by atoms with Crippen LogP contribution in [0.5, 0.6) is 0 Å². The number of anilines is 1. The number of benzene rings is 2. The van der Waals surface area contributed by atoms with Crippen molar-refractivity contribution in [3.63, 3.8) is 0 Å². The van der Waals surface area contributed by atoms with Gasteiger partial charge in [0.25, 0.3) is 0 Å². The van der Waals surface area contributed by atoms with Crippen LogP contribution in [0.1, 0.15) is 5.56 Å². The second kappa shape index (κ2) is 6.11. The van der Waals surface area contributed by atoms with Crippen LogP contribution in [0.25, 0.3) is 5.69 Å². The van der Waals surface area contributed by atoms with Crippen LogP contribution in [0.3, 0.4) is 0 Å². The number of nitrogens with zero attached hydrogens (tertiary/aromatic N) is 4. The lowest BCUT2D eigenvalue weighted by atomic mass is 10.2. The number of aromatic nitrogens is 4. The summed E-state index contributed by atoms with van der Waals surface area (Å²) in [6.07, 6.45) is 1.55. The minimum absolute atomic E-state index is 0.539. The number of halogens is 2. The average molecular weight is 320 g/mol. The van der Waals surface area contributed by atoms with E-state index in [9.17, 15) is 0 Å². The van der Waals surface area contributed by atoms with Crippen molar-refractivity contribution >= 4 is 28.9 Å². The molecule has 3 rings (SSSR count). The second-order valence-electron chi connectivity index (χ2n) is 4.36. The summed E-state index contributed by atoms with van der Waals surface area (Å²) in [6.45, 7) is 0.539. The highest BCUT2D eigenvalue weighted by Gasteiger charge is 2.05. The average Bonchev–Trinajstić information content (AvgIpc) is 3.01. The molecule has 0 atom stereocenters. The maximum absolute atomic E-state index is 6.15. The van der Waals surface area contributed by atoms with Crippen LogP contribution in [-0.4, -0.2) is 20.2 Å². The Balaban J connectivity index is 1.78. The van der Waals surface area contributed by atoms with Gasteiger partial charge in [0.1, 0.15) is 6.33 Å². The van der Waals surface area contributed by atoms with Crippen molar-refractivity contribution in [3.8, 4) is 5.69 Å². The molecule has 0 spiro atoms. The quantitative estimate of drug-likeness (QED) is 0.798. The zero-order valence-electron chi connectivity index (χ0n) is 10.9. The predicted molar refractivity (Wildman–Crippen MR) is 82.9 cm³/mol. The summed E-state index contributed by atoms with van der Waals surface area (Å²) >= 11 is 12.3. The molecule has 0 aliphatic rings. The highest BCUT2D eigenvalue weighted by atomic mass is 35.5. The highest BCUT2D eigenvalue weighted by molar-refractivity contribution is 6.36. The lowest BCUT2D eigenvalue weighted by Gasteiger charge is -2.10. The number of hydrogen-bond acceptors (Lipinski definition) is 4. The van der Waals surface area contributed by atoms with Gasteiger partial charge in [0.15, 0.2) is 0 Å². The van der Waals surface area contributed by atoms with E-state index in [0.29, 0.717) is 16.6 Å².